The van der Waals surface area contributed by atoms with E-state index in [9.17, 15) is 14.9 Å². The van der Waals surface area contributed by atoms with Crippen LogP contribution in [-0.4, -0.2) is 56.8 Å². The summed E-state index contributed by atoms with van der Waals surface area (Å²) in [4.78, 5) is 26.4. The molecule has 1 amide bonds. The zero-order valence-corrected chi connectivity index (χ0v) is 19.1. The molecule has 0 aliphatic carbocycles. The van der Waals surface area contributed by atoms with Crippen LogP contribution < -0.4 is 14.2 Å². The quantitative estimate of drug-likeness (QED) is 0.264. The summed E-state index contributed by atoms with van der Waals surface area (Å²) in [5.74, 6) is 0.0128. The van der Waals surface area contributed by atoms with E-state index < -0.39 is 5.97 Å². The molecule has 9 heteroatoms. The molecule has 1 heterocycles. The third kappa shape index (κ3) is 6.48. The van der Waals surface area contributed by atoms with Crippen molar-refractivity contribution in [1.29, 1.82) is 5.26 Å². The highest BCUT2D eigenvalue weighted by molar-refractivity contribution is 6.30. The molecular formula is C24H23ClN2O6. The van der Waals surface area contributed by atoms with Gasteiger partial charge < -0.3 is 23.8 Å². The minimum absolute atomic E-state index is 0.00423. The maximum atomic E-state index is 12.6. The van der Waals surface area contributed by atoms with Crippen LogP contribution in [0.1, 0.15) is 11.1 Å². The molecule has 1 aliphatic heterocycles. The highest BCUT2D eigenvalue weighted by Crippen LogP contribution is 2.29. The van der Waals surface area contributed by atoms with Crippen molar-refractivity contribution in [3.8, 4) is 23.3 Å². The van der Waals surface area contributed by atoms with Gasteiger partial charge in [-0.05, 0) is 54.5 Å². The molecule has 0 aromatic heterocycles. The Kier molecular flexibility index (Phi) is 8.30. The number of nitriles is 1. The molecule has 33 heavy (non-hydrogen) atoms. The maximum absolute atomic E-state index is 12.6. The second kappa shape index (κ2) is 11.4. The van der Waals surface area contributed by atoms with E-state index in [2.05, 4.69) is 0 Å². The van der Waals surface area contributed by atoms with Crippen LogP contribution in [0.3, 0.4) is 0 Å². The standard InChI is InChI=1S/C24H23ClN2O6/c1-16-11-19(25)4-6-20(16)32-15-23(28)33-21-5-3-17(13-22(21)30-2)12-18(14-26)24(29)27-7-9-31-10-8-27/h3-6,11-13H,7-10,15H2,1-2H3/b18-12+. The molecule has 2 aromatic rings. The Morgan fingerprint density at radius 2 is 1.88 bits per heavy atom. The Balaban J connectivity index is 1.68. The van der Waals surface area contributed by atoms with Crippen LogP contribution in [0.15, 0.2) is 42.0 Å². The molecule has 1 fully saturated rings. The van der Waals surface area contributed by atoms with E-state index >= 15 is 0 Å². The van der Waals surface area contributed by atoms with Crippen molar-refractivity contribution in [2.75, 3.05) is 40.0 Å². The Bertz CT molecular complexity index is 1100. The van der Waals surface area contributed by atoms with Crippen molar-refractivity contribution in [3.05, 3.63) is 58.1 Å². The monoisotopic (exact) mass is 470 g/mol. The first-order valence-corrected chi connectivity index (χ1v) is 10.6. The average Bonchev–Trinajstić information content (AvgIpc) is 2.82. The van der Waals surface area contributed by atoms with Crippen molar-refractivity contribution < 1.29 is 28.5 Å². The predicted octanol–water partition coefficient (Wildman–Crippen LogP) is 3.41. The molecule has 0 radical (unpaired) electrons. The molecule has 0 saturated carbocycles. The topological polar surface area (TPSA) is 98.1 Å². The van der Waals surface area contributed by atoms with E-state index in [1.54, 1.807) is 35.2 Å². The van der Waals surface area contributed by atoms with Crippen molar-refractivity contribution in [3.63, 3.8) is 0 Å². The Hall–Kier alpha value is -3.54. The smallest absolute Gasteiger partial charge is 0.349 e. The molecule has 1 saturated heterocycles. The van der Waals surface area contributed by atoms with Gasteiger partial charge in [0.1, 0.15) is 17.4 Å². The van der Waals surface area contributed by atoms with Crippen LogP contribution in [0.2, 0.25) is 5.02 Å². The highest BCUT2D eigenvalue weighted by atomic mass is 35.5. The SMILES string of the molecule is COc1cc(/C=C(\C#N)C(=O)N2CCOCC2)ccc1OC(=O)COc1ccc(Cl)cc1C. The van der Waals surface area contributed by atoms with Crippen molar-refractivity contribution in [1.82, 2.24) is 4.90 Å². The van der Waals surface area contributed by atoms with Gasteiger partial charge in [-0.3, -0.25) is 4.79 Å². The van der Waals surface area contributed by atoms with Gasteiger partial charge in [0.25, 0.3) is 5.91 Å². The first-order valence-electron chi connectivity index (χ1n) is 10.2. The summed E-state index contributed by atoms with van der Waals surface area (Å²) in [6.07, 6.45) is 1.47. The van der Waals surface area contributed by atoms with Gasteiger partial charge in [0.15, 0.2) is 18.1 Å². The number of amides is 1. The molecule has 0 N–H and O–H groups in total. The van der Waals surface area contributed by atoms with Crippen LogP contribution in [0.25, 0.3) is 6.08 Å². The lowest BCUT2D eigenvalue weighted by molar-refractivity contribution is -0.136. The van der Waals surface area contributed by atoms with E-state index in [4.69, 9.17) is 30.5 Å². The number of halogens is 1. The largest absolute Gasteiger partial charge is 0.493 e. The molecule has 3 rings (SSSR count). The van der Waals surface area contributed by atoms with E-state index in [1.165, 1.54) is 19.3 Å². The summed E-state index contributed by atoms with van der Waals surface area (Å²) in [7, 11) is 1.43. The number of hydrogen-bond acceptors (Lipinski definition) is 7. The van der Waals surface area contributed by atoms with Crippen LogP contribution in [-0.2, 0) is 14.3 Å². The molecule has 1 aliphatic rings. The second-order valence-corrected chi connectivity index (χ2v) is 7.59. The van der Waals surface area contributed by atoms with Gasteiger partial charge in [-0.25, -0.2) is 4.79 Å². The minimum atomic E-state index is -0.619. The fraction of sp³-hybridized carbons (Fsp3) is 0.292. The number of hydrogen-bond donors (Lipinski definition) is 0. The number of aryl methyl sites for hydroxylation is 1. The normalized spacial score (nSPS) is 13.8. The second-order valence-electron chi connectivity index (χ2n) is 7.16. The lowest BCUT2D eigenvalue weighted by Crippen LogP contribution is -2.41. The Labute approximate surface area is 196 Å². The van der Waals surface area contributed by atoms with Gasteiger partial charge in [-0.1, -0.05) is 17.7 Å². The third-order valence-corrected chi connectivity index (χ3v) is 5.09. The first-order chi connectivity index (χ1) is 15.9. The van der Waals surface area contributed by atoms with E-state index in [0.717, 1.165) is 5.56 Å². The number of carbonyl (C=O) groups excluding carboxylic acids is 2. The van der Waals surface area contributed by atoms with Gasteiger partial charge >= 0.3 is 5.97 Å². The number of carbonyl (C=O) groups is 2. The molecular weight excluding hydrogens is 448 g/mol. The number of benzene rings is 2. The number of ether oxygens (including phenoxy) is 4. The molecule has 172 valence electrons. The van der Waals surface area contributed by atoms with Crippen molar-refractivity contribution in [2.24, 2.45) is 0 Å². The lowest BCUT2D eigenvalue weighted by Gasteiger charge is -2.26. The molecule has 8 nitrogen and oxygen atoms in total. The minimum Gasteiger partial charge on any atom is -0.493 e. The summed E-state index contributed by atoms with van der Waals surface area (Å²) in [6, 6.07) is 11.8. The summed E-state index contributed by atoms with van der Waals surface area (Å²) in [5.41, 5.74) is 1.34. The summed E-state index contributed by atoms with van der Waals surface area (Å²) >= 11 is 5.92. The van der Waals surface area contributed by atoms with Gasteiger partial charge in [-0.15, -0.1) is 0 Å². The summed E-state index contributed by atoms with van der Waals surface area (Å²) in [5, 5.41) is 10.0. The van der Waals surface area contributed by atoms with Gasteiger partial charge in [0.2, 0.25) is 0 Å². The number of esters is 1. The Morgan fingerprint density at radius 3 is 2.55 bits per heavy atom. The number of rotatable bonds is 7. The number of morpholine rings is 1. The van der Waals surface area contributed by atoms with Crippen LogP contribution in [0.4, 0.5) is 0 Å². The van der Waals surface area contributed by atoms with Crippen LogP contribution in [0, 0.1) is 18.3 Å². The fourth-order valence-corrected chi connectivity index (χ4v) is 3.39. The lowest BCUT2D eigenvalue weighted by atomic mass is 10.1. The predicted molar refractivity (Wildman–Crippen MR) is 121 cm³/mol. The van der Waals surface area contributed by atoms with Gasteiger partial charge in [0.05, 0.1) is 20.3 Å². The highest BCUT2D eigenvalue weighted by Gasteiger charge is 2.21. The van der Waals surface area contributed by atoms with Crippen molar-refractivity contribution >= 4 is 29.6 Å². The Morgan fingerprint density at radius 1 is 1.15 bits per heavy atom. The summed E-state index contributed by atoms with van der Waals surface area (Å²) < 4.78 is 21.4. The zero-order valence-electron chi connectivity index (χ0n) is 18.3. The third-order valence-electron chi connectivity index (χ3n) is 4.85. The zero-order chi connectivity index (χ0) is 23.8. The van der Waals surface area contributed by atoms with E-state index in [0.29, 0.717) is 42.6 Å². The van der Waals surface area contributed by atoms with E-state index in [-0.39, 0.29) is 29.6 Å². The molecule has 0 unspecified atom stereocenters. The van der Waals surface area contributed by atoms with Gasteiger partial charge in [-0.2, -0.15) is 5.26 Å². The van der Waals surface area contributed by atoms with Crippen LogP contribution in [0.5, 0.6) is 17.2 Å². The maximum Gasteiger partial charge on any atom is 0.349 e. The number of methoxy groups -OCH3 is 1. The van der Waals surface area contributed by atoms with Crippen LogP contribution >= 0.6 is 11.6 Å². The van der Waals surface area contributed by atoms with E-state index in [1.807, 2.05) is 13.0 Å². The number of nitrogens with zero attached hydrogens (tertiary/aromatic N) is 2. The molecule has 0 spiro atoms. The molecule has 2 aromatic carbocycles. The van der Waals surface area contributed by atoms with Crippen molar-refractivity contribution in [2.45, 2.75) is 6.92 Å². The fourth-order valence-electron chi connectivity index (χ4n) is 3.17. The molecule has 0 atom stereocenters. The molecule has 0 bridgehead atoms. The van der Waals surface area contributed by atoms with Gasteiger partial charge in [0, 0.05) is 18.1 Å². The first kappa shape index (κ1) is 24.1. The summed E-state index contributed by atoms with van der Waals surface area (Å²) in [6.45, 7) is 3.28. The average molecular weight is 471 g/mol.